The number of piperidine rings is 1. The van der Waals surface area contributed by atoms with Gasteiger partial charge >= 0.3 is 5.97 Å². The number of hydrogen-bond acceptors (Lipinski definition) is 5. The number of carbonyl (C=O) groups is 1. The molecule has 1 aliphatic heterocycles. The van der Waals surface area contributed by atoms with Gasteiger partial charge in [-0.15, -0.1) is 11.3 Å². The smallest absolute Gasteiger partial charge is 0.348 e. The number of aromatic nitrogens is 2. The fourth-order valence-electron chi connectivity index (χ4n) is 3.77. The Bertz CT molecular complexity index is 980. The van der Waals surface area contributed by atoms with Crippen LogP contribution in [0, 0.1) is 6.92 Å². The maximum Gasteiger partial charge on any atom is 0.348 e. The number of likely N-dealkylation sites (tertiary alicyclic amines) is 1. The molecule has 1 aromatic carbocycles. The van der Waals surface area contributed by atoms with Crippen molar-refractivity contribution in [3.63, 3.8) is 0 Å². The summed E-state index contributed by atoms with van der Waals surface area (Å²) in [6.07, 6.45) is 4.61. The van der Waals surface area contributed by atoms with E-state index in [1.54, 1.807) is 0 Å². The van der Waals surface area contributed by atoms with E-state index < -0.39 is 0 Å². The minimum atomic E-state index is -0.248. The minimum Gasteiger partial charge on any atom is -0.461 e. The van der Waals surface area contributed by atoms with Crippen LogP contribution < -0.4 is 0 Å². The lowest BCUT2D eigenvalue weighted by atomic mass is 10.0. The first-order valence-electron chi connectivity index (χ1n) is 9.65. The van der Waals surface area contributed by atoms with Crippen molar-refractivity contribution in [3.05, 3.63) is 45.9 Å². The van der Waals surface area contributed by atoms with Crippen molar-refractivity contribution < 1.29 is 9.53 Å². The Hall–Kier alpha value is -1.89. The number of halogens is 1. The molecule has 1 aliphatic rings. The lowest BCUT2D eigenvalue weighted by molar-refractivity contribution is 0.0455. The lowest BCUT2D eigenvalue weighted by Crippen LogP contribution is -2.37. The summed E-state index contributed by atoms with van der Waals surface area (Å²) in [5.41, 5.74) is 1.81. The standard InChI is InChI=1S/C21H24ClN3O2S/c1-14-18-13-19(21(26)27-12-10-16-5-3-4-11-24(16)2)28-20(18)25(23-14)17-8-6-15(22)7-9-17/h6-9,13,16H,3-5,10-12H2,1-2H3/t16-/m0/s1. The molecule has 1 saturated heterocycles. The molecule has 0 bridgehead atoms. The minimum absolute atomic E-state index is 0.248. The van der Waals surface area contributed by atoms with Crippen molar-refractivity contribution in [1.82, 2.24) is 14.7 Å². The predicted octanol–water partition coefficient (Wildman–Crippen LogP) is 5.08. The fourth-order valence-corrected chi connectivity index (χ4v) is 4.98. The molecule has 3 heterocycles. The van der Waals surface area contributed by atoms with Crippen LogP contribution in [0.2, 0.25) is 5.02 Å². The maximum absolute atomic E-state index is 12.6. The fraction of sp³-hybridized carbons (Fsp3) is 0.429. The molecule has 0 amide bonds. The van der Waals surface area contributed by atoms with Gasteiger partial charge in [0.1, 0.15) is 9.71 Å². The van der Waals surface area contributed by atoms with Crippen molar-refractivity contribution in [2.24, 2.45) is 0 Å². The van der Waals surface area contributed by atoms with Crippen molar-refractivity contribution in [3.8, 4) is 5.69 Å². The Balaban J connectivity index is 1.47. The molecule has 0 unspecified atom stereocenters. The first-order valence-corrected chi connectivity index (χ1v) is 10.8. The van der Waals surface area contributed by atoms with Crippen molar-refractivity contribution >= 4 is 39.1 Å². The first-order chi connectivity index (χ1) is 13.5. The van der Waals surface area contributed by atoms with Crippen LogP contribution in [0.1, 0.15) is 41.0 Å². The van der Waals surface area contributed by atoms with Gasteiger partial charge in [-0.1, -0.05) is 18.0 Å². The van der Waals surface area contributed by atoms with Crippen LogP contribution in [-0.2, 0) is 4.74 Å². The van der Waals surface area contributed by atoms with E-state index in [0.717, 1.165) is 34.6 Å². The van der Waals surface area contributed by atoms with Gasteiger partial charge in [0.05, 0.1) is 18.0 Å². The number of fused-ring (bicyclic) bond motifs is 1. The van der Waals surface area contributed by atoms with Gasteiger partial charge in [-0.2, -0.15) is 5.10 Å². The molecule has 1 atom stereocenters. The summed E-state index contributed by atoms with van der Waals surface area (Å²) in [4.78, 5) is 16.5. The zero-order valence-corrected chi connectivity index (χ0v) is 17.7. The molecule has 4 rings (SSSR count). The second-order valence-electron chi connectivity index (χ2n) is 7.36. The lowest BCUT2D eigenvalue weighted by Gasteiger charge is -2.32. The SMILES string of the molecule is Cc1nn(-c2ccc(Cl)cc2)c2sc(C(=O)OCC[C@@H]3CCCCN3C)cc12. The molecule has 148 valence electrons. The topological polar surface area (TPSA) is 47.4 Å². The highest BCUT2D eigenvalue weighted by atomic mass is 35.5. The highest BCUT2D eigenvalue weighted by Gasteiger charge is 2.21. The molecule has 0 N–H and O–H groups in total. The number of rotatable bonds is 5. The summed E-state index contributed by atoms with van der Waals surface area (Å²) >= 11 is 7.41. The van der Waals surface area contributed by atoms with Crippen molar-refractivity contribution in [2.45, 2.75) is 38.6 Å². The van der Waals surface area contributed by atoms with Crippen LogP contribution in [-0.4, -0.2) is 46.9 Å². The second kappa shape index (κ2) is 8.23. The summed E-state index contributed by atoms with van der Waals surface area (Å²) in [6.45, 7) is 3.55. The zero-order valence-electron chi connectivity index (χ0n) is 16.2. The molecule has 0 spiro atoms. The summed E-state index contributed by atoms with van der Waals surface area (Å²) in [5.74, 6) is -0.248. The molecular weight excluding hydrogens is 394 g/mol. The first kappa shape index (κ1) is 19.4. The van der Waals surface area contributed by atoms with E-state index in [-0.39, 0.29) is 5.97 Å². The van der Waals surface area contributed by atoms with Crippen LogP contribution in [0.5, 0.6) is 0 Å². The quantitative estimate of drug-likeness (QED) is 0.543. The Morgan fingerprint density at radius 3 is 2.86 bits per heavy atom. The number of nitrogens with zero attached hydrogens (tertiary/aromatic N) is 3. The van der Waals surface area contributed by atoms with E-state index in [9.17, 15) is 4.79 Å². The van der Waals surface area contributed by atoms with Gasteiger partial charge in [-0.05, 0) is 70.1 Å². The molecule has 28 heavy (non-hydrogen) atoms. The molecular formula is C21H24ClN3O2S. The van der Waals surface area contributed by atoms with Gasteiger partial charge in [0.2, 0.25) is 0 Å². The monoisotopic (exact) mass is 417 g/mol. The van der Waals surface area contributed by atoms with Crippen LogP contribution in [0.4, 0.5) is 0 Å². The number of carbonyl (C=O) groups excluding carboxylic acids is 1. The van der Waals surface area contributed by atoms with E-state index in [1.807, 2.05) is 41.9 Å². The number of ether oxygens (including phenoxy) is 1. The van der Waals surface area contributed by atoms with E-state index in [4.69, 9.17) is 16.3 Å². The summed E-state index contributed by atoms with van der Waals surface area (Å²) in [7, 11) is 2.16. The Labute approximate surface area is 173 Å². The molecule has 3 aromatic rings. The predicted molar refractivity (Wildman–Crippen MR) is 114 cm³/mol. The maximum atomic E-state index is 12.6. The highest BCUT2D eigenvalue weighted by molar-refractivity contribution is 7.20. The highest BCUT2D eigenvalue weighted by Crippen LogP contribution is 2.31. The average Bonchev–Trinajstić information content (AvgIpc) is 3.25. The van der Waals surface area contributed by atoms with Gasteiger partial charge in [0.15, 0.2) is 0 Å². The molecule has 0 saturated carbocycles. The number of thiophene rings is 1. The Morgan fingerprint density at radius 1 is 1.32 bits per heavy atom. The molecule has 5 nitrogen and oxygen atoms in total. The third-order valence-corrected chi connectivity index (χ3v) is 6.77. The Kier molecular flexibility index (Phi) is 5.71. The number of benzene rings is 1. The summed E-state index contributed by atoms with van der Waals surface area (Å²) < 4.78 is 7.44. The van der Waals surface area contributed by atoms with E-state index >= 15 is 0 Å². The largest absolute Gasteiger partial charge is 0.461 e. The van der Waals surface area contributed by atoms with Crippen LogP contribution in [0.15, 0.2) is 30.3 Å². The van der Waals surface area contributed by atoms with Crippen molar-refractivity contribution in [1.29, 1.82) is 0 Å². The van der Waals surface area contributed by atoms with Crippen molar-refractivity contribution in [2.75, 3.05) is 20.2 Å². The molecule has 1 fully saturated rings. The van der Waals surface area contributed by atoms with Crippen LogP contribution in [0.3, 0.4) is 0 Å². The van der Waals surface area contributed by atoms with Crippen LogP contribution >= 0.6 is 22.9 Å². The Morgan fingerprint density at radius 2 is 2.11 bits per heavy atom. The van der Waals surface area contributed by atoms with E-state index in [1.165, 1.54) is 30.6 Å². The third kappa shape index (κ3) is 3.95. The number of hydrogen-bond donors (Lipinski definition) is 0. The van der Waals surface area contributed by atoms with Gasteiger partial charge in [-0.3, -0.25) is 0 Å². The second-order valence-corrected chi connectivity index (χ2v) is 8.83. The van der Waals surface area contributed by atoms with Gasteiger partial charge in [0, 0.05) is 16.5 Å². The number of esters is 1. The molecule has 0 aliphatic carbocycles. The molecule has 2 aromatic heterocycles. The zero-order chi connectivity index (χ0) is 19.7. The normalized spacial score (nSPS) is 17.9. The van der Waals surface area contributed by atoms with Gasteiger partial charge < -0.3 is 9.64 Å². The average molecular weight is 418 g/mol. The molecule has 0 radical (unpaired) electrons. The third-order valence-electron chi connectivity index (χ3n) is 5.42. The van der Waals surface area contributed by atoms with E-state index in [2.05, 4.69) is 17.0 Å². The number of aryl methyl sites for hydroxylation is 1. The summed E-state index contributed by atoms with van der Waals surface area (Å²) in [5, 5.41) is 6.28. The van der Waals surface area contributed by atoms with Gasteiger partial charge in [0.25, 0.3) is 0 Å². The van der Waals surface area contributed by atoms with E-state index in [0.29, 0.717) is 22.5 Å². The van der Waals surface area contributed by atoms with Crippen LogP contribution in [0.25, 0.3) is 15.9 Å². The summed E-state index contributed by atoms with van der Waals surface area (Å²) in [6, 6.07) is 9.93. The van der Waals surface area contributed by atoms with Gasteiger partial charge in [-0.25, -0.2) is 9.48 Å². The molecule has 7 heteroatoms.